The molecule has 0 radical (unpaired) electrons. The second-order valence-corrected chi connectivity index (χ2v) is 8.24. The van der Waals surface area contributed by atoms with Gasteiger partial charge in [0, 0.05) is 0 Å². The molecule has 0 unspecified atom stereocenters. The van der Waals surface area contributed by atoms with Gasteiger partial charge in [-0.15, -0.1) is 0 Å². The lowest BCUT2D eigenvalue weighted by molar-refractivity contribution is 0.473. The predicted octanol–water partition coefficient (Wildman–Crippen LogP) is 5.92. The Bertz CT molecular complexity index is 1210. The fourth-order valence-electron chi connectivity index (χ4n) is 4.01. The number of rotatable bonds is 4. The van der Waals surface area contributed by atoms with E-state index >= 15 is 0 Å². The molecule has 0 aliphatic rings. The van der Waals surface area contributed by atoms with Crippen LogP contribution in [0, 0.1) is 3.70 Å². The molecule has 5 aromatic rings. The Morgan fingerprint density at radius 3 is 1.67 bits per heavy atom. The number of halogens is 2. The third-order valence-corrected chi connectivity index (χ3v) is 6.15. The third-order valence-electron chi connectivity index (χ3n) is 5.24. The molecule has 5 rings (SSSR count). The fraction of sp³-hybridized carbons (Fsp3) is 0.0417. The van der Waals surface area contributed by atoms with Gasteiger partial charge >= 0.3 is 0 Å². The molecule has 2 aromatic heterocycles. The van der Waals surface area contributed by atoms with Gasteiger partial charge in [0.2, 0.25) is 5.28 Å². The predicted molar refractivity (Wildman–Crippen MR) is 128 cm³/mol. The van der Waals surface area contributed by atoms with Crippen molar-refractivity contribution in [1.29, 1.82) is 0 Å². The molecule has 2 heterocycles. The van der Waals surface area contributed by atoms with Crippen LogP contribution in [0.2, 0.25) is 5.28 Å². The fourth-order valence-corrected chi connectivity index (χ4v) is 4.76. The van der Waals surface area contributed by atoms with Gasteiger partial charge < -0.3 is 0 Å². The third kappa shape index (κ3) is 3.00. The van der Waals surface area contributed by atoms with E-state index in [2.05, 4.69) is 105 Å². The van der Waals surface area contributed by atoms with Crippen molar-refractivity contribution in [1.82, 2.24) is 19.7 Å². The van der Waals surface area contributed by atoms with Crippen LogP contribution in [0.4, 0.5) is 0 Å². The molecule has 0 bridgehead atoms. The number of fused-ring (bicyclic) bond motifs is 1. The Labute approximate surface area is 192 Å². The molecule has 0 atom stereocenters. The molecule has 0 spiro atoms. The summed E-state index contributed by atoms with van der Waals surface area (Å²) in [6.45, 7) is 0. The van der Waals surface area contributed by atoms with E-state index in [1.54, 1.807) is 6.20 Å². The topological polar surface area (TPSA) is 43.6 Å². The van der Waals surface area contributed by atoms with Gasteiger partial charge in [0.1, 0.15) is 20.3 Å². The summed E-state index contributed by atoms with van der Waals surface area (Å²) in [6.07, 6.45) is 1.75. The molecule has 3 aromatic carbocycles. The van der Waals surface area contributed by atoms with Crippen LogP contribution in [-0.2, 0) is 5.54 Å². The average molecular weight is 523 g/mol. The van der Waals surface area contributed by atoms with E-state index in [0.29, 0.717) is 0 Å². The zero-order valence-electron chi connectivity index (χ0n) is 15.8. The Morgan fingerprint density at radius 2 is 1.20 bits per heavy atom. The molecule has 0 saturated heterocycles. The van der Waals surface area contributed by atoms with Crippen molar-refractivity contribution in [3.63, 3.8) is 0 Å². The van der Waals surface area contributed by atoms with Crippen LogP contribution >= 0.6 is 34.2 Å². The molecular formula is C24H16ClIN4. The van der Waals surface area contributed by atoms with Crippen LogP contribution in [0.15, 0.2) is 97.2 Å². The van der Waals surface area contributed by atoms with Gasteiger partial charge in [-0.1, -0.05) is 91.0 Å². The largest absolute Gasteiger partial charge is 0.241 e. The first-order valence-corrected chi connectivity index (χ1v) is 10.9. The summed E-state index contributed by atoms with van der Waals surface area (Å²) in [4.78, 5) is 8.72. The molecule has 0 saturated carbocycles. The van der Waals surface area contributed by atoms with Crippen LogP contribution in [0.3, 0.4) is 0 Å². The summed E-state index contributed by atoms with van der Waals surface area (Å²) < 4.78 is 2.81. The van der Waals surface area contributed by atoms with Gasteiger partial charge in [-0.2, -0.15) is 5.10 Å². The second-order valence-electron chi connectivity index (χ2n) is 6.88. The molecule has 0 aliphatic carbocycles. The number of hydrogen-bond donors (Lipinski definition) is 0. The lowest BCUT2D eigenvalue weighted by atomic mass is 9.77. The lowest BCUT2D eigenvalue weighted by Crippen LogP contribution is -2.38. The maximum absolute atomic E-state index is 6.10. The molecule has 30 heavy (non-hydrogen) atoms. The number of hydrogen-bond acceptors (Lipinski definition) is 3. The van der Waals surface area contributed by atoms with E-state index in [9.17, 15) is 0 Å². The number of benzene rings is 3. The smallest absolute Gasteiger partial charge is 0.223 e. The van der Waals surface area contributed by atoms with Crippen LogP contribution in [-0.4, -0.2) is 19.7 Å². The minimum atomic E-state index is -0.706. The van der Waals surface area contributed by atoms with Crippen molar-refractivity contribution in [3.8, 4) is 0 Å². The molecule has 0 N–H and O–H groups in total. The van der Waals surface area contributed by atoms with Crippen LogP contribution in [0.25, 0.3) is 11.0 Å². The summed E-state index contributed by atoms with van der Waals surface area (Å²) in [5.41, 5.74) is 4.14. The molecule has 4 nitrogen and oxygen atoms in total. The van der Waals surface area contributed by atoms with Gasteiger partial charge in [-0.05, 0) is 50.9 Å². The first-order valence-electron chi connectivity index (χ1n) is 9.45. The van der Waals surface area contributed by atoms with E-state index < -0.39 is 5.54 Å². The van der Waals surface area contributed by atoms with Crippen LogP contribution in [0.1, 0.15) is 16.7 Å². The van der Waals surface area contributed by atoms with Gasteiger partial charge in [0.25, 0.3) is 0 Å². The maximum Gasteiger partial charge on any atom is 0.223 e. The van der Waals surface area contributed by atoms with E-state index in [-0.39, 0.29) is 5.28 Å². The average Bonchev–Trinajstić information content (AvgIpc) is 3.12. The zero-order chi connectivity index (χ0) is 20.6. The van der Waals surface area contributed by atoms with Crippen molar-refractivity contribution >= 4 is 45.2 Å². The Hall–Kier alpha value is -2.77. The van der Waals surface area contributed by atoms with Crippen molar-refractivity contribution in [2.75, 3.05) is 0 Å². The van der Waals surface area contributed by atoms with Crippen molar-refractivity contribution in [2.45, 2.75) is 5.54 Å². The quantitative estimate of drug-likeness (QED) is 0.167. The molecular weight excluding hydrogens is 507 g/mol. The SMILES string of the molecule is Clc1ncc2c(n1)c(I)nn2C(c1ccccc1)(c1ccccc1)c1ccccc1. The zero-order valence-corrected chi connectivity index (χ0v) is 18.7. The highest BCUT2D eigenvalue weighted by molar-refractivity contribution is 14.1. The van der Waals surface area contributed by atoms with Gasteiger partial charge in [0.15, 0.2) is 0 Å². The second kappa shape index (κ2) is 7.81. The van der Waals surface area contributed by atoms with Gasteiger partial charge in [-0.25, -0.2) is 14.6 Å². The number of aromatic nitrogens is 4. The Kier molecular flexibility index (Phi) is 5.00. The summed E-state index contributed by atoms with van der Waals surface area (Å²) in [5.74, 6) is 0. The van der Waals surface area contributed by atoms with E-state index in [1.807, 2.05) is 22.9 Å². The summed E-state index contributed by atoms with van der Waals surface area (Å²) in [6, 6.07) is 31.2. The van der Waals surface area contributed by atoms with E-state index in [0.717, 1.165) is 31.4 Å². The summed E-state index contributed by atoms with van der Waals surface area (Å²) >= 11 is 8.32. The monoisotopic (exact) mass is 522 g/mol. The minimum Gasteiger partial charge on any atom is -0.241 e. The first kappa shape index (κ1) is 19.2. The maximum atomic E-state index is 6.10. The van der Waals surface area contributed by atoms with Gasteiger partial charge in [-0.3, -0.25) is 0 Å². The van der Waals surface area contributed by atoms with Crippen LogP contribution in [0.5, 0.6) is 0 Å². The normalized spacial score (nSPS) is 11.7. The van der Waals surface area contributed by atoms with Crippen molar-refractivity contribution < 1.29 is 0 Å². The first-order chi connectivity index (χ1) is 14.7. The molecule has 0 fully saturated rings. The number of nitrogens with zero attached hydrogens (tertiary/aromatic N) is 4. The summed E-state index contributed by atoms with van der Waals surface area (Å²) in [5, 5.41) is 5.19. The van der Waals surface area contributed by atoms with Crippen LogP contribution < -0.4 is 0 Å². The highest BCUT2D eigenvalue weighted by Gasteiger charge is 2.41. The standard InChI is InChI=1S/C24H16ClIN4/c25-23-27-16-20-21(28-23)22(26)29-30(20)24(17-10-4-1-5-11-17,18-12-6-2-7-13-18)19-14-8-3-9-15-19/h1-16H. The van der Waals surface area contributed by atoms with Crippen molar-refractivity contribution in [3.05, 3.63) is 123 Å². The molecule has 0 amide bonds. The molecule has 6 heteroatoms. The Balaban J connectivity index is 1.98. The van der Waals surface area contributed by atoms with E-state index in [4.69, 9.17) is 16.7 Å². The summed E-state index contributed by atoms with van der Waals surface area (Å²) in [7, 11) is 0. The Morgan fingerprint density at radius 1 is 0.733 bits per heavy atom. The van der Waals surface area contributed by atoms with Gasteiger partial charge in [0.05, 0.1) is 6.20 Å². The molecule has 0 aliphatic heterocycles. The van der Waals surface area contributed by atoms with Crippen molar-refractivity contribution in [2.24, 2.45) is 0 Å². The highest BCUT2D eigenvalue weighted by atomic mass is 127. The van der Waals surface area contributed by atoms with E-state index in [1.165, 1.54) is 0 Å². The minimum absolute atomic E-state index is 0.213. The highest BCUT2D eigenvalue weighted by Crippen LogP contribution is 2.42. The lowest BCUT2D eigenvalue weighted by Gasteiger charge is -2.36. The molecule has 146 valence electrons.